The molecule has 0 aromatic heterocycles. The molecule has 0 aliphatic carbocycles. The number of terminal acetylenes is 1. The van der Waals surface area contributed by atoms with E-state index in [4.69, 9.17) is 12.2 Å². The molecule has 2 aliphatic heterocycles. The van der Waals surface area contributed by atoms with Crippen LogP contribution in [0.1, 0.15) is 19.4 Å². The number of benzene rings is 1. The first-order chi connectivity index (χ1) is 13.8. The number of urea groups is 1. The number of hydrogen-bond donors (Lipinski definition) is 1. The van der Waals surface area contributed by atoms with E-state index in [1.54, 1.807) is 4.90 Å². The Bertz CT molecular complexity index is 819. The highest BCUT2D eigenvalue weighted by Gasteiger charge is 2.50. The Kier molecular flexibility index (Phi) is 6.09. The van der Waals surface area contributed by atoms with Crippen molar-refractivity contribution in [2.75, 3.05) is 26.2 Å². The second-order valence-corrected chi connectivity index (χ2v) is 7.83. The van der Waals surface area contributed by atoms with Gasteiger partial charge in [-0.05, 0) is 11.5 Å². The number of amides is 4. The fourth-order valence-electron chi connectivity index (χ4n) is 4.10. The van der Waals surface area contributed by atoms with E-state index in [0.717, 1.165) is 5.56 Å². The molecule has 29 heavy (non-hydrogen) atoms. The lowest BCUT2D eigenvalue weighted by atomic mass is 9.98. The molecule has 2 N–H and O–H groups in total. The first-order valence-corrected chi connectivity index (χ1v) is 9.74. The van der Waals surface area contributed by atoms with Crippen LogP contribution in [-0.4, -0.2) is 76.0 Å². The minimum absolute atomic E-state index is 0.0838. The summed E-state index contributed by atoms with van der Waals surface area (Å²) < 4.78 is 0. The van der Waals surface area contributed by atoms with Gasteiger partial charge in [-0.15, -0.1) is 6.42 Å². The lowest BCUT2D eigenvalue weighted by Crippen LogP contribution is -2.76. The molecule has 3 rings (SSSR count). The number of carbonyl (C=O) groups is 3. The van der Waals surface area contributed by atoms with Gasteiger partial charge in [-0.1, -0.05) is 50.1 Å². The number of hydrazine groups is 1. The number of rotatable bonds is 5. The van der Waals surface area contributed by atoms with Crippen molar-refractivity contribution in [2.24, 2.45) is 11.7 Å². The summed E-state index contributed by atoms with van der Waals surface area (Å²) in [7, 11) is 0. The summed E-state index contributed by atoms with van der Waals surface area (Å²) >= 11 is 0. The molecule has 2 heterocycles. The molecular formula is C21H27N5O3. The molecule has 1 aromatic carbocycles. The quantitative estimate of drug-likeness (QED) is 0.733. The Labute approximate surface area is 171 Å². The monoisotopic (exact) mass is 397 g/mol. The van der Waals surface area contributed by atoms with Gasteiger partial charge in [0.15, 0.2) is 0 Å². The third-order valence-electron chi connectivity index (χ3n) is 5.19. The molecule has 2 aliphatic rings. The van der Waals surface area contributed by atoms with Crippen LogP contribution in [0.15, 0.2) is 30.3 Å². The zero-order valence-electron chi connectivity index (χ0n) is 16.8. The Morgan fingerprint density at radius 3 is 2.55 bits per heavy atom. The summed E-state index contributed by atoms with van der Waals surface area (Å²) in [5.41, 5.74) is 6.60. The Morgan fingerprint density at radius 2 is 1.97 bits per heavy atom. The van der Waals surface area contributed by atoms with Crippen molar-refractivity contribution < 1.29 is 14.4 Å². The molecule has 0 saturated carbocycles. The summed E-state index contributed by atoms with van der Waals surface area (Å²) in [6.07, 6.45) is 5.12. The number of carbonyl (C=O) groups excluding carboxylic acids is 3. The van der Waals surface area contributed by atoms with E-state index in [1.165, 1.54) is 14.9 Å². The molecule has 2 fully saturated rings. The van der Waals surface area contributed by atoms with Gasteiger partial charge in [0.25, 0.3) is 0 Å². The van der Waals surface area contributed by atoms with Crippen LogP contribution in [-0.2, 0) is 16.0 Å². The number of fused-ring (bicyclic) bond motifs is 1. The van der Waals surface area contributed by atoms with E-state index in [0.29, 0.717) is 13.0 Å². The maximum absolute atomic E-state index is 13.3. The van der Waals surface area contributed by atoms with Gasteiger partial charge in [-0.2, -0.15) is 5.01 Å². The van der Waals surface area contributed by atoms with Crippen molar-refractivity contribution in [3.63, 3.8) is 0 Å². The number of hydrogen-bond acceptors (Lipinski definition) is 4. The molecule has 1 aromatic rings. The minimum atomic E-state index is -0.697. The number of piperazine rings is 1. The summed E-state index contributed by atoms with van der Waals surface area (Å²) in [4.78, 5) is 41.8. The Hall–Kier alpha value is -3.05. The summed E-state index contributed by atoms with van der Waals surface area (Å²) in [6.45, 7) is 4.78. The predicted molar refractivity (Wildman–Crippen MR) is 108 cm³/mol. The highest BCUT2D eigenvalue weighted by atomic mass is 16.2. The van der Waals surface area contributed by atoms with Crippen LogP contribution < -0.4 is 5.73 Å². The molecule has 0 bridgehead atoms. The predicted octanol–water partition coefficient (Wildman–Crippen LogP) is 0.495. The van der Waals surface area contributed by atoms with Crippen molar-refractivity contribution in [3.8, 4) is 12.3 Å². The molecular weight excluding hydrogens is 370 g/mol. The first-order valence-electron chi connectivity index (χ1n) is 9.74. The Morgan fingerprint density at radius 1 is 1.28 bits per heavy atom. The van der Waals surface area contributed by atoms with Crippen molar-refractivity contribution in [2.45, 2.75) is 32.5 Å². The second-order valence-electron chi connectivity index (χ2n) is 7.83. The van der Waals surface area contributed by atoms with Gasteiger partial charge in [0.2, 0.25) is 11.8 Å². The third kappa shape index (κ3) is 4.20. The number of nitrogens with zero attached hydrogens (tertiary/aromatic N) is 4. The molecule has 0 radical (unpaired) electrons. The van der Waals surface area contributed by atoms with Crippen LogP contribution >= 0.6 is 0 Å². The zero-order chi connectivity index (χ0) is 21.1. The standard InChI is InChI=1S/C21H27N5O3/c1-4-10-24-14-19(27)25-17(11-16-8-6-5-7-9-16)20(28)23(12-15(2)3)13-18(25)26(24)21(22)29/h1,5-9,15,17-18H,10-14H2,2-3H3,(H2,22,29)/t17-,18?/m0/s1. The molecule has 8 nitrogen and oxygen atoms in total. The second kappa shape index (κ2) is 8.53. The van der Waals surface area contributed by atoms with Gasteiger partial charge in [0.1, 0.15) is 12.2 Å². The van der Waals surface area contributed by atoms with Crippen molar-refractivity contribution in [1.29, 1.82) is 0 Å². The van der Waals surface area contributed by atoms with E-state index in [9.17, 15) is 14.4 Å². The smallest absolute Gasteiger partial charge is 0.331 e. The maximum Gasteiger partial charge on any atom is 0.331 e. The maximum atomic E-state index is 13.3. The lowest BCUT2D eigenvalue weighted by Gasteiger charge is -2.54. The highest BCUT2D eigenvalue weighted by molar-refractivity contribution is 5.91. The fraction of sp³-hybridized carbons (Fsp3) is 0.476. The normalized spacial score (nSPS) is 22.6. The van der Waals surface area contributed by atoms with Gasteiger partial charge in [0.05, 0.1) is 19.6 Å². The highest BCUT2D eigenvalue weighted by Crippen LogP contribution is 2.28. The largest absolute Gasteiger partial charge is 0.350 e. The summed E-state index contributed by atoms with van der Waals surface area (Å²) in [5.74, 6) is 2.36. The van der Waals surface area contributed by atoms with Crippen LogP contribution in [0.4, 0.5) is 4.79 Å². The van der Waals surface area contributed by atoms with E-state index in [-0.39, 0.29) is 37.4 Å². The molecule has 4 amide bonds. The minimum Gasteiger partial charge on any atom is -0.350 e. The van der Waals surface area contributed by atoms with Crippen LogP contribution in [0, 0.1) is 18.3 Å². The lowest BCUT2D eigenvalue weighted by molar-refractivity contribution is -0.188. The van der Waals surface area contributed by atoms with Crippen LogP contribution in [0.25, 0.3) is 0 Å². The van der Waals surface area contributed by atoms with Crippen LogP contribution in [0.3, 0.4) is 0 Å². The Balaban J connectivity index is 2.00. The molecule has 1 unspecified atom stereocenters. The van der Waals surface area contributed by atoms with Gasteiger partial charge in [-0.3, -0.25) is 9.59 Å². The van der Waals surface area contributed by atoms with Crippen LogP contribution in [0.5, 0.6) is 0 Å². The van der Waals surface area contributed by atoms with Crippen LogP contribution in [0.2, 0.25) is 0 Å². The van der Waals surface area contributed by atoms with Gasteiger partial charge >= 0.3 is 6.03 Å². The van der Waals surface area contributed by atoms with E-state index in [1.807, 2.05) is 44.2 Å². The van der Waals surface area contributed by atoms with E-state index >= 15 is 0 Å². The van der Waals surface area contributed by atoms with Gasteiger partial charge in [-0.25, -0.2) is 9.80 Å². The van der Waals surface area contributed by atoms with Gasteiger partial charge in [0, 0.05) is 13.0 Å². The SMILES string of the molecule is C#CCN1CC(=O)N2C(CN(CC(C)C)C(=O)[C@@H]2Cc2ccccc2)N1C(N)=O. The average Bonchev–Trinajstić information content (AvgIpc) is 2.65. The molecule has 2 saturated heterocycles. The van der Waals surface area contributed by atoms with Crippen molar-refractivity contribution in [1.82, 2.24) is 19.8 Å². The molecule has 154 valence electrons. The molecule has 2 atom stereocenters. The summed E-state index contributed by atoms with van der Waals surface area (Å²) in [6, 6.07) is 8.15. The summed E-state index contributed by atoms with van der Waals surface area (Å²) in [5, 5.41) is 2.81. The van der Waals surface area contributed by atoms with E-state index < -0.39 is 18.2 Å². The topological polar surface area (TPSA) is 90.2 Å². The molecule has 0 spiro atoms. The third-order valence-corrected chi connectivity index (χ3v) is 5.19. The van der Waals surface area contributed by atoms with Crippen molar-refractivity contribution in [3.05, 3.63) is 35.9 Å². The van der Waals surface area contributed by atoms with Gasteiger partial charge < -0.3 is 15.5 Å². The number of primary amides is 1. The zero-order valence-corrected chi connectivity index (χ0v) is 16.8. The van der Waals surface area contributed by atoms with Crippen molar-refractivity contribution >= 4 is 17.8 Å². The molecule has 8 heteroatoms. The first kappa shape index (κ1) is 20.7. The number of nitrogens with two attached hydrogens (primary N) is 1. The fourth-order valence-corrected chi connectivity index (χ4v) is 4.10. The van der Waals surface area contributed by atoms with E-state index in [2.05, 4.69) is 5.92 Å². The average molecular weight is 397 g/mol.